The minimum absolute atomic E-state index is 0.152. The van der Waals surface area contributed by atoms with Crippen LogP contribution in [0.25, 0.3) is 0 Å². The van der Waals surface area contributed by atoms with Crippen molar-refractivity contribution in [1.29, 1.82) is 0 Å². The normalized spacial score (nSPS) is 17.6. The molecule has 1 saturated heterocycles. The molecule has 86 valence electrons. The zero-order valence-electron chi connectivity index (χ0n) is 8.47. The summed E-state index contributed by atoms with van der Waals surface area (Å²) < 4.78 is 10.1. The van der Waals surface area contributed by atoms with Crippen molar-refractivity contribution < 1.29 is 18.6 Å². The van der Waals surface area contributed by atoms with E-state index in [2.05, 4.69) is 0 Å². The number of rotatable bonds is 5. The molecule has 8 heteroatoms. The highest BCUT2D eigenvalue weighted by molar-refractivity contribution is 8.67. The van der Waals surface area contributed by atoms with Crippen LogP contribution in [0.3, 0.4) is 0 Å². The molecule has 0 spiro atoms. The topological polar surface area (TPSA) is 55.8 Å². The van der Waals surface area contributed by atoms with Crippen LogP contribution < -0.4 is 0 Å². The lowest BCUT2D eigenvalue weighted by Crippen LogP contribution is -2.28. The molecule has 15 heavy (non-hydrogen) atoms. The Kier molecular flexibility index (Phi) is 4.73. The number of imide groups is 1. The predicted octanol–water partition coefficient (Wildman–Crippen LogP) is 1.34. The summed E-state index contributed by atoms with van der Waals surface area (Å²) in [5, 5.41) is 0. The van der Waals surface area contributed by atoms with Crippen molar-refractivity contribution >= 4 is 40.7 Å². The van der Waals surface area contributed by atoms with E-state index in [1.807, 2.05) is 0 Å². The largest absolute Gasteiger partial charge is 0.325 e. The number of likely N-dealkylation sites (tertiary alicyclic amines) is 1. The minimum atomic E-state index is -2.38. The van der Waals surface area contributed by atoms with Gasteiger partial charge >= 0.3 is 0 Å². The molecule has 2 amide bonds. The van der Waals surface area contributed by atoms with Crippen molar-refractivity contribution in [3.63, 3.8) is 0 Å². The van der Waals surface area contributed by atoms with Crippen molar-refractivity contribution in [3.05, 3.63) is 0 Å². The van der Waals surface area contributed by atoms with Gasteiger partial charge in [-0.1, -0.05) is 0 Å². The Morgan fingerprint density at radius 3 is 2.20 bits per heavy atom. The summed E-state index contributed by atoms with van der Waals surface area (Å²) in [6.07, 6.45) is 0.588. The van der Waals surface area contributed by atoms with Crippen LogP contribution in [-0.2, 0) is 30.4 Å². The molecule has 1 aliphatic rings. The number of hydrogen-bond donors (Lipinski definition) is 0. The fraction of sp³-hybridized carbons (Fsp3) is 0.714. The number of amides is 2. The number of hydrogen-bond acceptors (Lipinski definition) is 6. The first-order valence-electron chi connectivity index (χ1n) is 4.21. The Bertz CT molecular complexity index is 298. The molecule has 0 saturated carbocycles. The van der Waals surface area contributed by atoms with Crippen LogP contribution in [0.1, 0.15) is 12.8 Å². The predicted molar refractivity (Wildman–Crippen MR) is 61.8 cm³/mol. The van der Waals surface area contributed by atoms with Crippen LogP contribution in [0.5, 0.6) is 0 Å². The fourth-order valence-corrected chi connectivity index (χ4v) is 3.81. The quantitative estimate of drug-likeness (QED) is 0.554. The van der Waals surface area contributed by atoms with Crippen LogP contribution in [0.15, 0.2) is 0 Å². The zero-order valence-corrected chi connectivity index (χ0v) is 11.0. The molecular formula is C7H12NO4PS2. The molecule has 0 aromatic carbocycles. The molecule has 1 fully saturated rings. The third-order valence-corrected chi connectivity index (χ3v) is 7.56. The summed E-state index contributed by atoms with van der Waals surface area (Å²) >= 11 is 6.29. The number of carbonyl (C=O) groups excluding carboxylic acids is 2. The van der Waals surface area contributed by atoms with Crippen LogP contribution in [0.4, 0.5) is 0 Å². The van der Waals surface area contributed by atoms with E-state index < -0.39 is 5.69 Å². The molecule has 1 heterocycles. The monoisotopic (exact) mass is 269 g/mol. The minimum Gasteiger partial charge on any atom is -0.325 e. The Morgan fingerprint density at radius 2 is 1.80 bits per heavy atom. The molecule has 0 N–H and O–H groups in total. The SMILES string of the molecule is COP(=S)(OC)SCN1C(=O)CCC1=O. The maximum absolute atomic E-state index is 11.3. The summed E-state index contributed by atoms with van der Waals surface area (Å²) in [4.78, 5) is 23.7. The standard InChI is InChI=1S/C7H12NO4PS2/c1-11-13(14,12-2)15-5-8-6(9)3-4-7(8)10/h3-5H2,1-2H3. The van der Waals surface area contributed by atoms with E-state index >= 15 is 0 Å². The first-order valence-corrected chi connectivity index (χ1v) is 8.44. The molecule has 0 atom stereocenters. The summed E-state index contributed by atoms with van der Waals surface area (Å²) in [5.41, 5.74) is -2.38. The van der Waals surface area contributed by atoms with E-state index in [-0.39, 0.29) is 17.7 Å². The number of carbonyl (C=O) groups is 2. The molecule has 0 bridgehead atoms. The van der Waals surface area contributed by atoms with Crippen LogP contribution in [0.2, 0.25) is 0 Å². The lowest BCUT2D eigenvalue weighted by Gasteiger charge is -2.19. The zero-order chi connectivity index (χ0) is 11.5. The van der Waals surface area contributed by atoms with Crippen molar-refractivity contribution in [3.8, 4) is 0 Å². The van der Waals surface area contributed by atoms with Gasteiger partial charge in [-0.2, -0.15) is 0 Å². The van der Waals surface area contributed by atoms with Gasteiger partial charge < -0.3 is 9.05 Å². The highest BCUT2D eigenvalue weighted by Crippen LogP contribution is 2.59. The van der Waals surface area contributed by atoms with Gasteiger partial charge in [0.05, 0.1) is 5.88 Å². The lowest BCUT2D eigenvalue weighted by molar-refractivity contribution is -0.137. The Hall–Kier alpha value is 0.0600. The summed E-state index contributed by atoms with van der Waals surface area (Å²) in [7, 11) is 2.93. The van der Waals surface area contributed by atoms with Crippen molar-refractivity contribution in [2.75, 3.05) is 20.1 Å². The average molecular weight is 269 g/mol. The molecule has 0 aliphatic carbocycles. The van der Waals surface area contributed by atoms with E-state index in [0.717, 1.165) is 0 Å². The smallest absolute Gasteiger partial charge is 0.248 e. The molecule has 0 unspecified atom stereocenters. The maximum Gasteiger partial charge on any atom is 0.248 e. The van der Waals surface area contributed by atoms with Crippen molar-refractivity contribution in [2.45, 2.75) is 12.8 Å². The summed E-state index contributed by atoms with van der Waals surface area (Å²) in [6, 6.07) is 0. The third kappa shape index (κ3) is 3.26. The maximum atomic E-state index is 11.3. The molecule has 5 nitrogen and oxygen atoms in total. The molecule has 1 rings (SSSR count). The fourth-order valence-electron chi connectivity index (χ4n) is 1.08. The van der Waals surface area contributed by atoms with Gasteiger partial charge in [-0.3, -0.25) is 14.5 Å². The molecule has 0 aromatic rings. The van der Waals surface area contributed by atoms with E-state index in [4.69, 9.17) is 20.9 Å². The van der Waals surface area contributed by atoms with Crippen molar-refractivity contribution in [2.24, 2.45) is 0 Å². The van der Waals surface area contributed by atoms with Gasteiger partial charge in [-0.15, -0.1) is 0 Å². The highest BCUT2D eigenvalue weighted by atomic mass is 32.9. The second-order valence-corrected chi connectivity index (χ2v) is 9.28. The molecular weight excluding hydrogens is 257 g/mol. The molecule has 1 aliphatic heterocycles. The van der Waals surface area contributed by atoms with Gasteiger partial charge in [-0.25, -0.2) is 0 Å². The van der Waals surface area contributed by atoms with Gasteiger partial charge in [0.15, 0.2) is 0 Å². The second-order valence-electron chi connectivity index (χ2n) is 2.79. The summed E-state index contributed by atoms with van der Waals surface area (Å²) in [6.45, 7) is 0. The lowest BCUT2D eigenvalue weighted by atomic mass is 10.4. The van der Waals surface area contributed by atoms with Gasteiger partial charge in [0, 0.05) is 27.1 Å². The van der Waals surface area contributed by atoms with Gasteiger partial charge in [0.25, 0.3) is 0 Å². The average Bonchev–Trinajstić information content (AvgIpc) is 2.56. The Balaban J connectivity index is 2.53. The van der Waals surface area contributed by atoms with E-state index in [9.17, 15) is 9.59 Å². The molecule has 0 aromatic heterocycles. The number of nitrogens with zero attached hydrogens (tertiary/aromatic N) is 1. The Labute approximate surface area is 97.4 Å². The third-order valence-electron chi connectivity index (χ3n) is 1.95. The van der Waals surface area contributed by atoms with E-state index in [1.165, 1.54) is 30.5 Å². The first kappa shape index (κ1) is 13.1. The van der Waals surface area contributed by atoms with E-state index in [1.54, 1.807) is 0 Å². The van der Waals surface area contributed by atoms with Gasteiger partial charge in [-0.05, 0) is 23.2 Å². The highest BCUT2D eigenvalue weighted by Gasteiger charge is 2.30. The van der Waals surface area contributed by atoms with Gasteiger partial charge in [0.2, 0.25) is 17.5 Å². The Morgan fingerprint density at radius 1 is 1.33 bits per heavy atom. The first-order chi connectivity index (χ1) is 7.02. The van der Waals surface area contributed by atoms with E-state index in [0.29, 0.717) is 12.8 Å². The summed E-state index contributed by atoms with van der Waals surface area (Å²) in [5.74, 6) is -0.0844. The van der Waals surface area contributed by atoms with Crippen LogP contribution >= 0.6 is 17.1 Å². The van der Waals surface area contributed by atoms with Crippen LogP contribution in [0, 0.1) is 0 Å². The van der Waals surface area contributed by atoms with Crippen LogP contribution in [-0.4, -0.2) is 36.8 Å². The van der Waals surface area contributed by atoms with Crippen molar-refractivity contribution in [1.82, 2.24) is 4.90 Å². The second kappa shape index (κ2) is 5.41. The molecule has 0 radical (unpaired) electrons. The van der Waals surface area contributed by atoms with Gasteiger partial charge in [0.1, 0.15) is 0 Å².